The van der Waals surface area contributed by atoms with Crippen molar-refractivity contribution in [1.82, 2.24) is 15.1 Å². The van der Waals surface area contributed by atoms with Gasteiger partial charge < -0.3 is 9.15 Å². The van der Waals surface area contributed by atoms with Gasteiger partial charge in [0, 0.05) is 11.6 Å². The molecule has 24 heavy (non-hydrogen) atoms. The van der Waals surface area contributed by atoms with Gasteiger partial charge >= 0.3 is 0 Å². The fraction of sp³-hybridized carbons (Fsp3) is 0.500. The summed E-state index contributed by atoms with van der Waals surface area (Å²) in [6, 6.07) is 7.44. The quantitative estimate of drug-likeness (QED) is 0.784. The fourth-order valence-electron chi connectivity index (χ4n) is 2.93. The van der Waals surface area contributed by atoms with Crippen LogP contribution in [0.15, 0.2) is 28.7 Å². The first-order chi connectivity index (χ1) is 11.5. The summed E-state index contributed by atoms with van der Waals surface area (Å²) in [5.74, 6) is 2.10. The van der Waals surface area contributed by atoms with E-state index in [0.29, 0.717) is 24.7 Å². The molecular formula is C16H21N3O4S. The second kappa shape index (κ2) is 6.90. The average Bonchev–Trinajstić information content (AvgIpc) is 3.19. The van der Waals surface area contributed by atoms with Crippen molar-refractivity contribution in [3.8, 4) is 17.2 Å². The average molecular weight is 351 g/mol. The number of methoxy groups -OCH3 is 1. The van der Waals surface area contributed by atoms with E-state index in [1.54, 1.807) is 7.11 Å². The Labute approximate surface area is 141 Å². The maximum Gasteiger partial charge on any atom is 0.247 e. The topological polar surface area (TPSA) is 85.5 Å². The highest BCUT2D eigenvalue weighted by Gasteiger charge is 2.32. The molecule has 0 amide bonds. The van der Waals surface area contributed by atoms with E-state index in [1.165, 1.54) is 0 Å². The SMILES string of the molecule is CCN(Cc1nnc(-c2cccc(OC)c2)o1)C1CCS(=O)(=O)C1. The summed E-state index contributed by atoms with van der Waals surface area (Å²) in [5.41, 5.74) is 0.791. The van der Waals surface area contributed by atoms with Crippen LogP contribution in [0, 0.1) is 0 Å². The van der Waals surface area contributed by atoms with Crippen molar-refractivity contribution < 1.29 is 17.6 Å². The number of rotatable bonds is 6. The van der Waals surface area contributed by atoms with Crippen molar-refractivity contribution >= 4 is 9.84 Å². The van der Waals surface area contributed by atoms with Crippen molar-refractivity contribution in [3.63, 3.8) is 0 Å². The third kappa shape index (κ3) is 3.76. The van der Waals surface area contributed by atoms with Gasteiger partial charge in [-0.25, -0.2) is 8.42 Å². The van der Waals surface area contributed by atoms with Crippen molar-refractivity contribution in [2.75, 3.05) is 25.2 Å². The maximum absolute atomic E-state index is 11.7. The molecule has 0 spiro atoms. The minimum Gasteiger partial charge on any atom is -0.497 e. The molecule has 0 aliphatic carbocycles. The summed E-state index contributed by atoms with van der Waals surface area (Å²) in [4.78, 5) is 2.08. The summed E-state index contributed by atoms with van der Waals surface area (Å²) in [6.07, 6.45) is 0.660. The summed E-state index contributed by atoms with van der Waals surface area (Å²) < 4.78 is 34.3. The molecule has 8 heteroatoms. The molecule has 3 rings (SSSR count). The van der Waals surface area contributed by atoms with E-state index in [-0.39, 0.29) is 17.5 Å². The predicted molar refractivity (Wildman–Crippen MR) is 89.4 cm³/mol. The van der Waals surface area contributed by atoms with Gasteiger partial charge in [0.1, 0.15) is 5.75 Å². The Morgan fingerprint density at radius 2 is 2.21 bits per heavy atom. The van der Waals surface area contributed by atoms with Crippen LogP contribution in [0.3, 0.4) is 0 Å². The van der Waals surface area contributed by atoms with Gasteiger partial charge in [0.25, 0.3) is 0 Å². The lowest BCUT2D eigenvalue weighted by molar-refractivity contribution is 0.195. The third-order valence-electron chi connectivity index (χ3n) is 4.25. The van der Waals surface area contributed by atoms with Crippen LogP contribution in [0.25, 0.3) is 11.5 Å². The van der Waals surface area contributed by atoms with Crippen LogP contribution in [0.5, 0.6) is 5.75 Å². The number of ether oxygens (including phenoxy) is 1. The predicted octanol–water partition coefficient (Wildman–Crippen LogP) is 1.75. The van der Waals surface area contributed by atoms with E-state index >= 15 is 0 Å². The molecule has 0 N–H and O–H groups in total. The third-order valence-corrected chi connectivity index (χ3v) is 6.00. The molecular weight excluding hydrogens is 330 g/mol. The second-order valence-electron chi connectivity index (χ2n) is 5.85. The van der Waals surface area contributed by atoms with Gasteiger partial charge in [0.05, 0.1) is 25.2 Å². The number of aromatic nitrogens is 2. The van der Waals surface area contributed by atoms with Crippen molar-refractivity contribution in [2.45, 2.75) is 25.9 Å². The van der Waals surface area contributed by atoms with E-state index in [0.717, 1.165) is 17.9 Å². The highest BCUT2D eigenvalue weighted by Crippen LogP contribution is 2.24. The summed E-state index contributed by atoms with van der Waals surface area (Å²) in [7, 11) is -1.31. The van der Waals surface area contributed by atoms with Crippen molar-refractivity contribution in [2.24, 2.45) is 0 Å². The lowest BCUT2D eigenvalue weighted by atomic mass is 10.2. The minimum absolute atomic E-state index is 0.0205. The molecule has 2 heterocycles. The Morgan fingerprint density at radius 1 is 1.38 bits per heavy atom. The van der Waals surface area contributed by atoms with E-state index in [1.807, 2.05) is 31.2 Å². The van der Waals surface area contributed by atoms with E-state index in [4.69, 9.17) is 9.15 Å². The first-order valence-electron chi connectivity index (χ1n) is 7.92. The fourth-order valence-corrected chi connectivity index (χ4v) is 4.69. The van der Waals surface area contributed by atoms with Crippen LogP contribution in [0.2, 0.25) is 0 Å². The first-order valence-corrected chi connectivity index (χ1v) is 9.74. The molecule has 1 aromatic carbocycles. The first kappa shape index (κ1) is 16.9. The van der Waals surface area contributed by atoms with E-state index in [9.17, 15) is 8.42 Å². The molecule has 2 aromatic rings. The summed E-state index contributed by atoms with van der Waals surface area (Å²) in [5, 5.41) is 8.18. The summed E-state index contributed by atoms with van der Waals surface area (Å²) in [6.45, 7) is 3.19. The molecule has 1 fully saturated rings. The zero-order valence-electron chi connectivity index (χ0n) is 13.8. The molecule has 1 saturated heterocycles. The molecule has 1 unspecified atom stereocenters. The minimum atomic E-state index is -2.91. The number of nitrogens with zero attached hydrogens (tertiary/aromatic N) is 3. The van der Waals surface area contributed by atoms with Crippen LogP contribution in [0.4, 0.5) is 0 Å². The normalized spacial score (nSPS) is 19.7. The summed E-state index contributed by atoms with van der Waals surface area (Å²) >= 11 is 0. The number of sulfone groups is 1. The Bertz CT molecular complexity index is 803. The van der Waals surface area contributed by atoms with Gasteiger partial charge in [0.2, 0.25) is 11.8 Å². The Kier molecular flexibility index (Phi) is 4.86. The van der Waals surface area contributed by atoms with Crippen molar-refractivity contribution in [1.29, 1.82) is 0 Å². The van der Waals surface area contributed by atoms with Gasteiger partial charge in [0.15, 0.2) is 9.84 Å². The number of hydrogen-bond donors (Lipinski definition) is 0. The molecule has 0 bridgehead atoms. The largest absolute Gasteiger partial charge is 0.497 e. The molecule has 1 aliphatic heterocycles. The molecule has 1 aromatic heterocycles. The Morgan fingerprint density at radius 3 is 2.88 bits per heavy atom. The standard InChI is InChI=1S/C16H21N3O4S/c1-3-19(13-7-8-24(20,21)11-13)10-15-17-18-16(23-15)12-5-4-6-14(9-12)22-2/h4-6,9,13H,3,7-8,10-11H2,1-2H3. The van der Waals surface area contributed by atoms with Crippen LogP contribution in [-0.4, -0.2) is 54.7 Å². The van der Waals surface area contributed by atoms with E-state index < -0.39 is 9.84 Å². The van der Waals surface area contributed by atoms with Gasteiger partial charge in [-0.3, -0.25) is 4.90 Å². The number of hydrogen-bond acceptors (Lipinski definition) is 7. The van der Waals surface area contributed by atoms with Gasteiger partial charge in [-0.2, -0.15) is 0 Å². The van der Waals surface area contributed by atoms with Crippen LogP contribution in [0.1, 0.15) is 19.2 Å². The molecule has 130 valence electrons. The maximum atomic E-state index is 11.7. The van der Waals surface area contributed by atoms with E-state index in [2.05, 4.69) is 15.1 Å². The lowest BCUT2D eigenvalue weighted by Crippen LogP contribution is -2.35. The molecule has 0 saturated carbocycles. The van der Waals surface area contributed by atoms with Crippen LogP contribution in [-0.2, 0) is 16.4 Å². The van der Waals surface area contributed by atoms with Crippen LogP contribution < -0.4 is 4.74 Å². The Balaban J connectivity index is 1.73. The number of benzene rings is 1. The van der Waals surface area contributed by atoms with Crippen molar-refractivity contribution in [3.05, 3.63) is 30.2 Å². The van der Waals surface area contributed by atoms with Gasteiger partial charge in [-0.1, -0.05) is 13.0 Å². The zero-order valence-corrected chi connectivity index (χ0v) is 14.6. The highest BCUT2D eigenvalue weighted by molar-refractivity contribution is 7.91. The second-order valence-corrected chi connectivity index (χ2v) is 8.08. The van der Waals surface area contributed by atoms with Gasteiger partial charge in [-0.05, 0) is 31.2 Å². The van der Waals surface area contributed by atoms with Crippen LogP contribution >= 0.6 is 0 Å². The molecule has 1 atom stereocenters. The molecule has 1 aliphatic rings. The monoisotopic (exact) mass is 351 g/mol. The van der Waals surface area contributed by atoms with Gasteiger partial charge in [-0.15, -0.1) is 10.2 Å². The smallest absolute Gasteiger partial charge is 0.247 e. The lowest BCUT2D eigenvalue weighted by Gasteiger charge is -2.24. The highest BCUT2D eigenvalue weighted by atomic mass is 32.2. The Hall–Kier alpha value is -1.93. The molecule has 0 radical (unpaired) electrons. The molecule has 7 nitrogen and oxygen atoms in total. The zero-order chi connectivity index (χ0) is 17.2.